The van der Waals surface area contributed by atoms with Crippen molar-refractivity contribution in [3.05, 3.63) is 0 Å². The van der Waals surface area contributed by atoms with E-state index in [0.29, 0.717) is 19.4 Å². The highest BCUT2D eigenvalue weighted by molar-refractivity contribution is 4.85. The zero-order valence-electron chi connectivity index (χ0n) is 11.4. The Morgan fingerprint density at radius 2 is 1.72 bits per heavy atom. The molecule has 2 atom stereocenters. The fraction of sp³-hybridized carbons (Fsp3) is 1.00. The van der Waals surface area contributed by atoms with Gasteiger partial charge in [-0.1, -0.05) is 26.7 Å². The van der Waals surface area contributed by atoms with Gasteiger partial charge in [0.05, 0.1) is 5.92 Å². The predicted octanol–water partition coefficient (Wildman–Crippen LogP) is 3.04. The highest BCUT2D eigenvalue weighted by Gasteiger charge is 2.45. The molecule has 0 aromatic carbocycles. The van der Waals surface area contributed by atoms with Gasteiger partial charge in [-0.25, -0.2) is 0 Å². The maximum atomic E-state index is 12.9. The smallest absolute Gasteiger partial charge is 0.312 e. The highest BCUT2D eigenvalue weighted by atomic mass is 19.4. The zero-order valence-corrected chi connectivity index (χ0v) is 11.4. The number of hydrogen-bond donors (Lipinski definition) is 1. The molecule has 1 fully saturated rings. The van der Waals surface area contributed by atoms with E-state index in [1.807, 2.05) is 0 Å². The lowest BCUT2D eigenvalue weighted by Gasteiger charge is -2.34. The summed E-state index contributed by atoms with van der Waals surface area (Å²) < 4.78 is 38.6. The minimum Gasteiger partial charge on any atom is -0.312 e. The van der Waals surface area contributed by atoms with Crippen molar-refractivity contribution < 1.29 is 13.2 Å². The molecule has 0 aromatic heterocycles. The van der Waals surface area contributed by atoms with Crippen LogP contribution >= 0.6 is 0 Å². The third kappa shape index (κ3) is 4.76. The summed E-state index contributed by atoms with van der Waals surface area (Å²) in [7, 11) is 0. The van der Waals surface area contributed by atoms with Crippen molar-refractivity contribution >= 4 is 0 Å². The first kappa shape index (κ1) is 15.8. The van der Waals surface area contributed by atoms with E-state index in [0.717, 1.165) is 26.1 Å². The Balaban J connectivity index is 2.38. The van der Waals surface area contributed by atoms with Gasteiger partial charge in [-0.2, -0.15) is 13.2 Å². The van der Waals surface area contributed by atoms with Crippen molar-refractivity contribution in [1.29, 1.82) is 0 Å². The Morgan fingerprint density at radius 3 is 2.28 bits per heavy atom. The van der Waals surface area contributed by atoms with Gasteiger partial charge in [0.2, 0.25) is 0 Å². The number of nitrogens with one attached hydrogen (secondary N) is 1. The summed E-state index contributed by atoms with van der Waals surface area (Å²) in [5.74, 6) is -1.15. The Morgan fingerprint density at radius 1 is 1.11 bits per heavy atom. The lowest BCUT2D eigenvalue weighted by molar-refractivity contribution is -0.188. The van der Waals surface area contributed by atoms with E-state index in [9.17, 15) is 13.2 Å². The Hall–Kier alpha value is -0.290. The van der Waals surface area contributed by atoms with Crippen molar-refractivity contribution in [2.75, 3.05) is 26.2 Å². The van der Waals surface area contributed by atoms with E-state index in [4.69, 9.17) is 0 Å². The second-order valence-corrected chi connectivity index (χ2v) is 5.02. The molecule has 0 aliphatic heterocycles. The molecule has 2 nitrogen and oxygen atoms in total. The molecule has 2 unspecified atom stereocenters. The average molecular weight is 266 g/mol. The summed E-state index contributed by atoms with van der Waals surface area (Å²) in [6.45, 7) is 7.52. The number of halogens is 3. The first-order chi connectivity index (χ1) is 8.49. The minimum absolute atomic E-state index is 0.284. The molecule has 0 saturated heterocycles. The molecule has 0 aromatic rings. The van der Waals surface area contributed by atoms with Gasteiger partial charge < -0.3 is 10.2 Å². The van der Waals surface area contributed by atoms with Crippen LogP contribution in [0.3, 0.4) is 0 Å². The molecular weight excluding hydrogens is 241 g/mol. The number of hydrogen-bond acceptors (Lipinski definition) is 2. The van der Waals surface area contributed by atoms with Crippen LogP contribution in [0.15, 0.2) is 0 Å². The van der Waals surface area contributed by atoms with Crippen LogP contribution in [0.2, 0.25) is 0 Å². The summed E-state index contributed by atoms with van der Waals surface area (Å²) in [6, 6.07) is -0.380. The molecule has 1 rings (SSSR count). The Kier molecular flexibility index (Phi) is 6.43. The van der Waals surface area contributed by atoms with Crippen molar-refractivity contribution in [2.24, 2.45) is 5.92 Å². The summed E-state index contributed by atoms with van der Waals surface area (Å²) >= 11 is 0. The number of nitrogens with zero attached hydrogens (tertiary/aromatic N) is 1. The van der Waals surface area contributed by atoms with Gasteiger partial charge in [0.1, 0.15) is 0 Å². The van der Waals surface area contributed by atoms with E-state index in [2.05, 4.69) is 24.1 Å². The van der Waals surface area contributed by atoms with E-state index >= 15 is 0 Å². The Labute approximate surface area is 108 Å². The SMILES string of the molecule is CCN(CC)CCNC1CCCCC1C(F)(F)F. The van der Waals surface area contributed by atoms with E-state index in [-0.39, 0.29) is 12.5 Å². The van der Waals surface area contributed by atoms with Crippen LogP contribution in [0.1, 0.15) is 39.5 Å². The lowest BCUT2D eigenvalue weighted by atomic mass is 9.84. The third-order valence-electron chi connectivity index (χ3n) is 3.92. The average Bonchev–Trinajstić information content (AvgIpc) is 2.34. The third-order valence-corrected chi connectivity index (χ3v) is 3.92. The van der Waals surface area contributed by atoms with Gasteiger partial charge >= 0.3 is 6.18 Å². The molecule has 1 N–H and O–H groups in total. The fourth-order valence-corrected chi connectivity index (χ4v) is 2.71. The van der Waals surface area contributed by atoms with Gasteiger partial charge in [0, 0.05) is 19.1 Å². The molecule has 0 radical (unpaired) electrons. The van der Waals surface area contributed by atoms with Gasteiger partial charge in [-0.15, -0.1) is 0 Å². The second-order valence-electron chi connectivity index (χ2n) is 5.02. The van der Waals surface area contributed by atoms with Crippen LogP contribution in [-0.2, 0) is 0 Å². The zero-order chi connectivity index (χ0) is 13.6. The number of alkyl halides is 3. The normalized spacial score (nSPS) is 25.7. The standard InChI is InChI=1S/C13H25F3N2/c1-3-18(4-2)10-9-17-12-8-6-5-7-11(12)13(14,15)16/h11-12,17H,3-10H2,1-2H3. The first-order valence-corrected chi connectivity index (χ1v) is 7.01. The van der Waals surface area contributed by atoms with Gasteiger partial charge in [-0.3, -0.25) is 0 Å². The monoisotopic (exact) mass is 266 g/mol. The van der Waals surface area contributed by atoms with Crippen molar-refractivity contribution in [2.45, 2.75) is 51.7 Å². The molecule has 108 valence electrons. The van der Waals surface area contributed by atoms with Crippen molar-refractivity contribution in [3.63, 3.8) is 0 Å². The van der Waals surface area contributed by atoms with Crippen LogP contribution < -0.4 is 5.32 Å². The van der Waals surface area contributed by atoms with Gasteiger partial charge in [0.25, 0.3) is 0 Å². The summed E-state index contributed by atoms with van der Waals surface area (Å²) in [6.07, 6.45) is -1.49. The lowest BCUT2D eigenvalue weighted by Crippen LogP contribution is -2.47. The van der Waals surface area contributed by atoms with Gasteiger partial charge in [0.15, 0.2) is 0 Å². The van der Waals surface area contributed by atoms with Crippen LogP contribution in [0, 0.1) is 5.92 Å². The molecule has 5 heteroatoms. The molecular formula is C13H25F3N2. The molecule has 0 spiro atoms. The summed E-state index contributed by atoms with van der Waals surface area (Å²) in [5.41, 5.74) is 0. The molecule has 1 aliphatic rings. The predicted molar refractivity (Wildman–Crippen MR) is 67.6 cm³/mol. The quantitative estimate of drug-likeness (QED) is 0.795. The van der Waals surface area contributed by atoms with Crippen molar-refractivity contribution in [3.8, 4) is 0 Å². The number of likely N-dealkylation sites (N-methyl/N-ethyl adjacent to an activating group) is 1. The first-order valence-electron chi connectivity index (χ1n) is 7.01. The molecule has 0 bridgehead atoms. The van der Waals surface area contributed by atoms with E-state index in [1.54, 1.807) is 0 Å². The van der Waals surface area contributed by atoms with Crippen molar-refractivity contribution in [1.82, 2.24) is 10.2 Å². The van der Waals surface area contributed by atoms with Crippen LogP contribution in [0.4, 0.5) is 13.2 Å². The molecule has 18 heavy (non-hydrogen) atoms. The van der Waals surface area contributed by atoms with E-state index in [1.165, 1.54) is 0 Å². The largest absolute Gasteiger partial charge is 0.393 e. The van der Waals surface area contributed by atoms with E-state index < -0.39 is 12.1 Å². The minimum atomic E-state index is -4.05. The summed E-state index contributed by atoms with van der Waals surface area (Å²) in [5, 5.41) is 3.12. The molecule has 0 amide bonds. The number of rotatable bonds is 6. The highest BCUT2D eigenvalue weighted by Crippen LogP contribution is 2.37. The van der Waals surface area contributed by atoms with Gasteiger partial charge in [-0.05, 0) is 25.9 Å². The van der Waals surface area contributed by atoms with Crippen LogP contribution in [0.25, 0.3) is 0 Å². The summed E-state index contributed by atoms with van der Waals surface area (Å²) in [4.78, 5) is 2.22. The second kappa shape index (κ2) is 7.34. The maximum absolute atomic E-state index is 12.9. The molecule has 1 aliphatic carbocycles. The fourth-order valence-electron chi connectivity index (χ4n) is 2.71. The van der Waals surface area contributed by atoms with Crippen LogP contribution in [0.5, 0.6) is 0 Å². The topological polar surface area (TPSA) is 15.3 Å². The molecule has 1 saturated carbocycles. The molecule has 0 heterocycles. The Bertz CT molecular complexity index is 227. The van der Waals surface area contributed by atoms with Crippen LogP contribution in [-0.4, -0.2) is 43.3 Å². The maximum Gasteiger partial charge on any atom is 0.393 e.